The normalized spacial score (nSPS) is 13.3. The minimum Gasteiger partial charge on any atom is -0.206 e. The highest BCUT2D eigenvalue weighted by atomic mass is 19.1. The van der Waals surface area contributed by atoms with Crippen LogP contribution in [0.5, 0.6) is 0 Å². The summed E-state index contributed by atoms with van der Waals surface area (Å²) in [7, 11) is 0. The van der Waals surface area contributed by atoms with Gasteiger partial charge in [-0.15, -0.1) is 0 Å². The molecule has 1 aliphatic carbocycles. The van der Waals surface area contributed by atoms with Crippen molar-refractivity contribution in [3.05, 3.63) is 88.7 Å². The summed E-state index contributed by atoms with van der Waals surface area (Å²) in [6.07, 6.45) is 3.21. The van der Waals surface area contributed by atoms with Gasteiger partial charge in [0.05, 0.1) is 0 Å². The molecule has 0 aliphatic heterocycles. The highest BCUT2D eigenvalue weighted by Crippen LogP contribution is 2.35. The van der Waals surface area contributed by atoms with Crippen molar-refractivity contribution in [2.45, 2.75) is 13.3 Å². The first-order chi connectivity index (χ1) is 10.2. The van der Waals surface area contributed by atoms with Gasteiger partial charge in [0.25, 0.3) is 0 Å². The second-order valence-electron chi connectivity index (χ2n) is 5.60. The highest BCUT2D eigenvalue weighted by molar-refractivity contribution is 5.91. The topological polar surface area (TPSA) is 0 Å². The van der Waals surface area contributed by atoms with E-state index in [1.165, 1.54) is 28.3 Å². The maximum atomic E-state index is 14.0. The number of aryl methyl sites for hydroxylation is 1. The van der Waals surface area contributed by atoms with Crippen LogP contribution in [-0.4, -0.2) is 0 Å². The summed E-state index contributed by atoms with van der Waals surface area (Å²) in [5.74, 6) is -0.155. The van der Waals surface area contributed by atoms with Crippen molar-refractivity contribution in [3.8, 4) is 0 Å². The van der Waals surface area contributed by atoms with Gasteiger partial charge in [-0.1, -0.05) is 48.5 Å². The van der Waals surface area contributed by atoms with E-state index in [1.807, 2.05) is 18.2 Å². The molecule has 102 valence electrons. The summed E-state index contributed by atoms with van der Waals surface area (Å²) in [5.41, 5.74) is 6.31. The van der Waals surface area contributed by atoms with Crippen molar-refractivity contribution in [2.75, 3.05) is 0 Å². The molecule has 4 rings (SSSR count). The Balaban J connectivity index is 1.90. The molecule has 0 spiro atoms. The minimum absolute atomic E-state index is 0.155. The van der Waals surface area contributed by atoms with Crippen LogP contribution in [0.15, 0.2) is 60.7 Å². The lowest BCUT2D eigenvalue weighted by atomic mass is 9.95. The summed E-state index contributed by atoms with van der Waals surface area (Å²) in [6, 6.07) is 17.7. The molecule has 0 nitrogen and oxygen atoms in total. The van der Waals surface area contributed by atoms with Gasteiger partial charge in [-0.2, -0.15) is 0 Å². The van der Waals surface area contributed by atoms with Gasteiger partial charge in [0.2, 0.25) is 0 Å². The SMILES string of the molecule is Cc1cccc2c1CC=C2c1ccc2cccc(F)c2c1. The number of fused-ring (bicyclic) bond motifs is 2. The lowest BCUT2D eigenvalue weighted by molar-refractivity contribution is 0.640. The molecule has 0 N–H and O–H groups in total. The third-order valence-electron chi connectivity index (χ3n) is 4.35. The molecule has 3 aromatic rings. The van der Waals surface area contributed by atoms with Crippen LogP contribution in [0.25, 0.3) is 16.3 Å². The fraction of sp³-hybridized carbons (Fsp3) is 0.100. The van der Waals surface area contributed by atoms with Crippen molar-refractivity contribution >= 4 is 16.3 Å². The molecule has 0 saturated carbocycles. The number of halogens is 1. The second kappa shape index (κ2) is 4.56. The lowest BCUT2D eigenvalue weighted by Crippen LogP contribution is -1.90. The summed E-state index contributed by atoms with van der Waals surface area (Å²) in [5, 5.41) is 1.64. The first-order valence-electron chi connectivity index (χ1n) is 7.22. The third kappa shape index (κ3) is 1.89. The number of rotatable bonds is 1. The number of hydrogen-bond acceptors (Lipinski definition) is 0. The molecule has 3 aromatic carbocycles. The quantitative estimate of drug-likeness (QED) is 0.566. The molecule has 0 saturated heterocycles. The fourth-order valence-electron chi connectivity index (χ4n) is 3.22. The van der Waals surface area contributed by atoms with E-state index in [0.29, 0.717) is 5.39 Å². The highest BCUT2D eigenvalue weighted by Gasteiger charge is 2.17. The Hall–Kier alpha value is -2.41. The minimum atomic E-state index is -0.155. The van der Waals surface area contributed by atoms with Gasteiger partial charge in [-0.3, -0.25) is 0 Å². The molecule has 0 fully saturated rings. The van der Waals surface area contributed by atoms with Gasteiger partial charge in [-0.25, -0.2) is 4.39 Å². The summed E-state index contributed by atoms with van der Waals surface area (Å²) >= 11 is 0. The molecule has 0 bridgehead atoms. The van der Waals surface area contributed by atoms with Crippen LogP contribution >= 0.6 is 0 Å². The Morgan fingerprint density at radius 3 is 2.71 bits per heavy atom. The van der Waals surface area contributed by atoms with Crippen molar-refractivity contribution in [1.29, 1.82) is 0 Å². The average molecular weight is 274 g/mol. The molecule has 1 heteroatoms. The molecule has 0 amide bonds. The molecule has 0 unspecified atom stereocenters. The van der Waals surface area contributed by atoms with Crippen molar-refractivity contribution < 1.29 is 4.39 Å². The van der Waals surface area contributed by atoms with E-state index in [4.69, 9.17) is 0 Å². The molecular formula is C20H15F. The van der Waals surface area contributed by atoms with Gasteiger partial charge in [0, 0.05) is 5.39 Å². The summed E-state index contributed by atoms with van der Waals surface area (Å²) < 4.78 is 14.0. The monoisotopic (exact) mass is 274 g/mol. The van der Waals surface area contributed by atoms with E-state index < -0.39 is 0 Å². The van der Waals surface area contributed by atoms with E-state index in [2.05, 4.69) is 37.3 Å². The van der Waals surface area contributed by atoms with Crippen LogP contribution < -0.4 is 0 Å². The average Bonchev–Trinajstić information content (AvgIpc) is 2.93. The molecule has 0 radical (unpaired) electrons. The van der Waals surface area contributed by atoms with Crippen LogP contribution in [0.4, 0.5) is 4.39 Å². The molecular weight excluding hydrogens is 259 g/mol. The fourth-order valence-corrected chi connectivity index (χ4v) is 3.22. The molecule has 0 atom stereocenters. The lowest BCUT2D eigenvalue weighted by Gasteiger charge is -2.09. The number of hydrogen-bond donors (Lipinski definition) is 0. The number of benzene rings is 3. The summed E-state index contributed by atoms with van der Waals surface area (Å²) in [4.78, 5) is 0. The van der Waals surface area contributed by atoms with Crippen LogP contribution in [0, 0.1) is 12.7 Å². The van der Waals surface area contributed by atoms with Crippen LogP contribution in [0.1, 0.15) is 22.3 Å². The molecule has 0 heterocycles. The van der Waals surface area contributed by atoms with Crippen LogP contribution in [-0.2, 0) is 6.42 Å². The Labute approximate surface area is 123 Å². The predicted molar refractivity (Wildman–Crippen MR) is 85.9 cm³/mol. The largest absolute Gasteiger partial charge is 0.206 e. The van der Waals surface area contributed by atoms with E-state index in [-0.39, 0.29) is 5.82 Å². The van der Waals surface area contributed by atoms with Crippen molar-refractivity contribution in [3.63, 3.8) is 0 Å². The van der Waals surface area contributed by atoms with Gasteiger partial charge in [0.1, 0.15) is 5.82 Å². The maximum absolute atomic E-state index is 14.0. The van der Waals surface area contributed by atoms with E-state index in [9.17, 15) is 4.39 Å². The molecule has 21 heavy (non-hydrogen) atoms. The Morgan fingerprint density at radius 1 is 0.952 bits per heavy atom. The van der Waals surface area contributed by atoms with E-state index in [0.717, 1.165) is 17.4 Å². The molecule has 1 aliphatic rings. The van der Waals surface area contributed by atoms with Crippen LogP contribution in [0.3, 0.4) is 0 Å². The number of allylic oxidation sites excluding steroid dienone is 1. The Kier molecular flexibility index (Phi) is 2.68. The van der Waals surface area contributed by atoms with Gasteiger partial charge < -0.3 is 0 Å². The molecule has 0 aromatic heterocycles. The first kappa shape index (κ1) is 12.3. The maximum Gasteiger partial charge on any atom is 0.131 e. The second-order valence-corrected chi connectivity index (χ2v) is 5.60. The van der Waals surface area contributed by atoms with Gasteiger partial charge in [0.15, 0.2) is 0 Å². The van der Waals surface area contributed by atoms with E-state index >= 15 is 0 Å². The van der Waals surface area contributed by atoms with Crippen molar-refractivity contribution in [2.24, 2.45) is 0 Å². The zero-order chi connectivity index (χ0) is 14.4. The third-order valence-corrected chi connectivity index (χ3v) is 4.35. The zero-order valence-electron chi connectivity index (χ0n) is 11.9. The Morgan fingerprint density at radius 2 is 1.81 bits per heavy atom. The van der Waals surface area contributed by atoms with E-state index in [1.54, 1.807) is 6.07 Å². The van der Waals surface area contributed by atoms with Crippen LogP contribution in [0.2, 0.25) is 0 Å². The smallest absolute Gasteiger partial charge is 0.131 e. The standard InChI is InChI=1S/C20H15F/c1-13-4-2-6-18-16(13)10-11-17(18)15-9-8-14-5-3-7-20(21)19(14)12-15/h2-9,11-12H,10H2,1H3. The zero-order valence-corrected chi connectivity index (χ0v) is 11.9. The first-order valence-corrected chi connectivity index (χ1v) is 7.22. The Bertz CT molecular complexity index is 887. The predicted octanol–water partition coefficient (Wildman–Crippen LogP) is 5.28. The van der Waals surface area contributed by atoms with Gasteiger partial charge >= 0.3 is 0 Å². The summed E-state index contributed by atoms with van der Waals surface area (Å²) in [6.45, 7) is 2.15. The van der Waals surface area contributed by atoms with Crippen molar-refractivity contribution in [1.82, 2.24) is 0 Å². The van der Waals surface area contributed by atoms with Gasteiger partial charge in [-0.05, 0) is 58.7 Å².